The van der Waals surface area contributed by atoms with Gasteiger partial charge < -0.3 is 24.8 Å². The van der Waals surface area contributed by atoms with Gasteiger partial charge in [-0.2, -0.15) is 0 Å². The van der Waals surface area contributed by atoms with Gasteiger partial charge in [-0.25, -0.2) is 9.59 Å². The maximum absolute atomic E-state index is 12.8. The van der Waals surface area contributed by atoms with Gasteiger partial charge in [-0.05, 0) is 42.0 Å². The van der Waals surface area contributed by atoms with Crippen LogP contribution in [0.4, 0.5) is 4.79 Å². The van der Waals surface area contributed by atoms with Crippen LogP contribution < -0.4 is 5.32 Å². The molecule has 1 unspecified atom stereocenters. The van der Waals surface area contributed by atoms with Crippen molar-refractivity contribution in [1.29, 1.82) is 0 Å². The lowest BCUT2D eigenvalue weighted by molar-refractivity contribution is -0.178. The molecule has 1 saturated heterocycles. The number of hydrogen-bond donors (Lipinski definition) is 2. The number of morpholine rings is 1. The summed E-state index contributed by atoms with van der Waals surface area (Å²) in [6, 6.07) is 16.2. The van der Waals surface area contributed by atoms with Crippen molar-refractivity contribution in [2.45, 2.75) is 37.3 Å². The van der Waals surface area contributed by atoms with Crippen molar-refractivity contribution in [2.24, 2.45) is 5.92 Å². The summed E-state index contributed by atoms with van der Waals surface area (Å²) in [4.78, 5) is 38.2. The number of nitrogens with one attached hydrogen (secondary N) is 1. The molecule has 2 aliphatic carbocycles. The van der Waals surface area contributed by atoms with Gasteiger partial charge >= 0.3 is 12.1 Å². The molecule has 0 radical (unpaired) electrons. The molecule has 5 rings (SSSR count). The van der Waals surface area contributed by atoms with Gasteiger partial charge in [0.25, 0.3) is 0 Å². The molecule has 2 amide bonds. The van der Waals surface area contributed by atoms with Gasteiger partial charge in [0, 0.05) is 24.4 Å². The molecule has 2 fully saturated rings. The van der Waals surface area contributed by atoms with Crippen LogP contribution in [0.1, 0.15) is 36.8 Å². The average Bonchev–Trinajstić information content (AvgIpc) is 3.13. The fourth-order valence-electron chi connectivity index (χ4n) is 5.19. The number of carbonyl (C=O) groups is 3. The number of carbonyl (C=O) groups excluding carboxylic acids is 2. The molecule has 1 atom stereocenters. The summed E-state index contributed by atoms with van der Waals surface area (Å²) >= 11 is 0. The molecule has 2 aromatic rings. The third kappa shape index (κ3) is 4.03. The SMILES string of the molecule is CC1(C(=O)O)CN(C(=O)C2CC(NC(=O)OCC3c4ccccc4-c4ccccc43)C2)CCO1. The van der Waals surface area contributed by atoms with Gasteiger partial charge in [0.1, 0.15) is 6.61 Å². The van der Waals surface area contributed by atoms with Gasteiger partial charge in [-0.3, -0.25) is 4.79 Å². The highest BCUT2D eigenvalue weighted by Gasteiger charge is 2.44. The largest absolute Gasteiger partial charge is 0.479 e. The molecule has 0 spiro atoms. The lowest BCUT2D eigenvalue weighted by Gasteiger charge is -2.42. The second-order valence-electron chi connectivity index (χ2n) is 9.48. The molecule has 1 aliphatic heterocycles. The Morgan fingerprint density at radius 1 is 1.09 bits per heavy atom. The topological polar surface area (TPSA) is 105 Å². The van der Waals surface area contributed by atoms with E-state index in [4.69, 9.17) is 9.47 Å². The maximum Gasteiger partial charge on any atom is 0.407 e. The van der Waals surface area contributed by atoms with Crippen molar-refractivity contribution in [1.82, 2.24) is 10.2 Å². The van der Waals surface area contributed by atoms with Crippen LogP contribution >= 0.6 is 0 Å². The molecule has 178 valence electrons. The fourth-order valence-corrected chi connectivity index (χ4v) is 5.19. The van der Waals surface area contributed by atoms with E-state index in [2.05, 4.69) is 29.6 Å². The summed E-state index contributed by atoms with van der Waals surface area (Å²) in [6.45, 7) is 2.33. The monoisotopic (exact) mass is 464 g/mol. The molecule has 8 nitrogen and oxygen atoms in total. The second kappa shape index (κ2) is 8.76. The number of hydrogen-bond acceptors (Lipinski definition) is 5. The van der Waals surface area contributed by atoms with Crippen LogP contribution in [0.3, 0.4) is 0 Å². The molecule has 2 aromatic carbocycles. The highest BCUT2D eigenvalue weighted by molar-refractivity contribution is 5.83. The first kappa shape index (κ1) is 22.4. The van der Waals surface area contributed by atoms with E-state index in [1.807, 2.05) is 24.3 Å². The third-order valence-corrected chi connectivity index (χ3v) is 7.19. The molecular weight excluding hydrogens is 436 g/mol. The second-order valence-corrected chi connectivity index (χ2v) is 9.48. The van der Waals surface area contributed by atoms with Crippen molar-refractivity contribution in [3.8, 4) is 11.1 Å². The Labute approximate surface area is 197 Å². The van der Waals surface area contributed by atoms with E-state index in [1.165, 1.54) is 18.1 Å². The van der Waals surface area contributed by atoms with Crippen LogP contribution in [0, 0.1) is 5.92 Å². The molecule has 0 bridgehead atoms. The number of aliphatic carboxylic acids is 1. The van der Waals surface area contributed by atoms with E-state index in [1.54, 1.807) is 4.90 Å². The number of nitrogens with zero attached hydrogens (tertiary/aromatic N) is 1. The lowest BCUT2D eigenvalue weighted by Crippen LogP contribution is -2.59. The minimum Gasteiger partial charge on any atom is -0.479 e. The highest BCUT2D eigenvalue weighted by Crippen LogP contribution is 2.44. The van der Waals surface area contributed by atoms with Crippen LogP contribution in [0.25, 0.3) is 11.1 Å². The van der Waals surface area contributed by atoms with E-state index in [-0.39, 0.29) is 43.5 Å². The lowest BCUT2D eigenvalue weighted by atomic mass is 9.79. The number of ether oxygens (including phenoxy) is 2. The Balaban J connectivity index is 1.12. The van der Waals surface area contributed by atoms with Gasteiger partial charge in [-0.15, -0.1) is 0 Å². The molecule has 0 aromatic heterocycles. The predicted octanol–water partition coefficient (Wildman–Crippen LogP) is 3.01. The zero-order valence-corrected chi connectivity index (χ0v) is 19.0. The Morgan fingerprint density at radius 2 is 1.71 bits per heavy atom. The first-order chi connectivity index (χ1) is 16.4. The van der Waals surface area contributed by atoms with Crippen LogP contribution in [0.2, 0.25) is 0 Å². The van der Waals surface area contributed by atoms with Crippen molar-refractivity contribution in [3.63, 3.8) is 0 Å². The Kier molecular flexibility index (Phi) is 5.77. The minimum atomic E-state index is -1.38. The van der Waals surface area contributed by atoms with Crippen molar-refractivity contribution in [2.75, 3.05) is 26.3 Å². The van der Waals surface area contributed by atoms with Crippen molar-refractivity contribution < 1.29 is 29.0 Å². The first-order valence-electron chi connectivity index (χ1n) is 11.6. The summed E-state index contributed by atoms with van der Waals surface area (Å²) in [5.41, 5.74) is 3.29. The normalized spacial score (nSPS) is 25.6. The number of carboxylic acid groups (broad SMARTS) is 1. The molecule has 2 N–H and O–H groups in total. The summed E-state index contributed by atoms with van der Waals surface area (Å²) in [6.07, 6.45) is 0.552. The fraction of sp³-hybridized carbons (Fsp3) is 0.423. The first-order valence-corrected chi connectivity index (χ1v) is 11.6. The van der Waals surface area contributed by atoms with E-state index in [0.29, 0.717) is 19.4 Å². The number of carboxylic acids is 1. The van der Waals surface area contributed by atoms with Crippen LogP contribution in [0.5, 0.6) is 0 Å². The zero-order valence-electron chi connectivity index (χ0n) is 19.0. The summed E-state index contributed by atoms with van der Waals surface area (Å²) in [5.74, 6) is -1.39. The molecule has 1 saturated carbocycles. The molecule has 8 heteroatoms. The van der Waals surface area contributed by atoms with E-state index < -0.39 is 17.7 Å². The number of alkyl carbamates (subject to hydrolysis) is 1. The summed E-state index contributed by atoms with van der Waals surface area (Å²) < 4.78 is 10.9. The quantitative estimate of drug-likeness (QED) is 0.705. The van der Waals surface area contributed by atoms with Gasteiger partial charge in [0.05, 0.1) is 13.2 Å². The third-order valence-electron chi connectivity index (χ3n) is 7.19. The van der Waals surface area contributed by atoms with Crippen molar-refractivity contribution >= 4 is 18.0 Å². The van der Waals surface area contributed by atoms with E-state index in [9.17, 15) is 19.5 Å². The number of benzene rings is 2. The van der Waals surface area contributed by atoms with Crippen LogP contribution in [0.15, 0.2) is 48.5 Å². The van der Waals surface area contributed by atoms with Gasteiger partial charge in [0.15, 0.2) is 5.60 Å². The van der Waals surface area contributed by atoms with Crippen molar-refractivity contribution in [3.05, 3.63) is 59.7 Å². The average molecular weight is 465 g/mol. The molecule has 34 heavy (non-hydrogen) atoms. The summed E-state index contributed by atoms with van der Waals surface area (Å²) in [5, 5.41) is 12.2. The minimum absolute atomic E-state index is 0.00117. The van der Waals surface area contributed by atoms with Crippen LogP contribution in [-0.2, 0) is 19.1 Å². The number of amides is 2. The van der Waals surface area contributed by atoms with E-state index >= 15 is 0 Å². The summed E-state index contributed by atoms with van der Waals surface area (Å²) in [7, 11) is 0. The number of rotatable bonds is 5. The Bertz CT molecular complexity index is 1080. The molecule has 3 aliphatic rings. The van der Waals surface area contributed by atoms with Gasteiger partial charge in [-0.1, -0.05) is 48.5 Å². The smallest absolute Gasteiger partial charge is 0.407 e. The highest BCUT2D eigenvalue weighted by atomic mass is 16.5. The Hall–Kier alpha value is -3.39. The predicted molar refractivity (Wildman–Crippen MR) is 123 cm³/mol. The van der Waals surface area contributed by atoms with E-state index in [0.717, 1.165) is 11.1 Å². The standard InChI is InChI=1S/C26H28N2O6/c1-26(24(30)31)15-28(10-11-34-26)23(29)16-12-17(13-16)27-25(32)33-14-22-20-8-4-2-6-18(20)19-7-3-5-9-21(19)22/h2-9,16-17,22H,10-15H2,1H3,(H,27,32)(H,30,31). The van der Waals surface area contributed by atoms with Gasteiger partial charge in [0.2, 0.25) is 5.91 Å². The zero-order chi connectivity index (χ0) is 23.9. The maximum atomic E-state index is 12.8. The Morgan fingerprint density at radius 3 is 2.32 bits per heavy atom. The molecule has 1 heterocycles. The molecular formula is C26H28N2O6. The van der Waals surface area contributed by atoms with Crippen LogP contribution in [-0.4, -0.2) is 65.9 Å². The number of fused-ring (bicyclic) bond motifs is 3.